The number of thioether (sulfide) groups is 1. The lowest BCUT2D eigenvalue weighted by Crippen LogP contribution is -2.27. The second-order valence-electron chi connectivity index (χ2n) is 5.15. The van der Waals surface area contributed by atoms with Gasteiger partial charge in [0.15, 0.2) is 11.4 Å². The number of halogens is 1. The number of nitriles is 1. The first kappa shape index (κ1) is 18.3. The number of anilines is 1. The summed E-state index contributed by atoms with van der Waals surface area (Å²) < 4.78 is 5.94. The normalized spacial score (nSPS) is 11.5. The van der Waals surface area contributed by atoms with Gasteiger partial charge in [-0.3, -0.25) is 10.6 Å². The summed E-state index contributed by atoms with van der Waals surface area (Å²) in [6.07, 6.45) is 3.09. The Morgan fingerprint density at radius 1 is 1.45 bits per heavy atom. The Labute approximate surface area is 142 Å². The highest BCUT2D eigenvalue weighted by Crippen LogP contribution is 2.29. The topological polar surface area (TPSA) is 86.5 Å². The Kier molecular flexibility index (Phi) is 6.71. The van der Waals surface area contributed by atoms with Crippen LogP contribution < -0.4 is 10.6 Å². The Bertz CT molecular complexity index is 620. The van der Waals surface area contributed by atoms with E-state index in [1.165, 1.54) is 11.8 Å². The molecular weight excluding hydrogens is 368 g/mol. The summed E-state index contributed by atoms with van der Waals surface area (Å²) in [5.74, 6) is 0. The Morgan fingerprint density at radius 2 is 2.14 bits per heavy atom. The average Bonchev–Trinajstić information content (AvgIpc) is 2.39. The number of aliphatic imine (C=N–C) groups is 1. The van der Waals surface area contributed by atoms with Crippen LogP contribution in [-0.4, -0.2) is 23.1 Å². The summed E-state index contributed by atoms with van der Waals surface area (Å²) in [5, 5.41) is 14.2. The molecule has 0 saturated carbocycles. The molecule has 8 heteroatoms. The van der Waals surface area contributed by atoms with Crippen molar-refractivity contribution in [2.24, 2.45) is 4.99 Å². The molecule has 0 atom stereocenters. The molecule has 118 valence electrons. The van der Waals surface area contributed by atoms with Gasteiger partial charge in [0.1, 0.15) is 5.60 Å². The summed E-state index contributed by atoms with van der Waals surface area (Å²) in [6.45, 7) is 5.38. The summed E-state index contributed by atoms with van der Waals surface area (Å²) in [6, 6.07) is 5.17. The van der Waals surface area contributed by atoms with Crippen molar-refractivity contribution in [1.29, 1.82) is 5.26 Å². The van der Waals surface area contributed by atoms with Crippen LogP contribution in [0.25, 0.3) is 0 Å². The first-order valence-corrected chi connectivity index (χ1v) is 8.34. The minimum absolute atomic E-state index is 0.456. The van der Waals surface area contributed by atoms with E-state index in [2.05, 4.69) is 31.6 Å². The van der Waals surface area contributed by atoms with E-state index in [1.54, 1.807) is 45.2 Å². The second-order valence-corrected chi connectivity index (χ2v) is 6.80. The van der Waals surface area contributed by atoms with Crippen molar-refractivity contribution in [2.75, 3.05) is 11.6 Å². The fraction of sp³-hybridized carbons (Fsp3) is 0.357. The molecule has 0 aliphatic carbocycles. The van der Waals surface area contributed by atoms with Crippen LogP contribution in [-0.2, 0) is 4.74 Å². The van der Waals surface area contributed by atoms with Crippen LogP contribution in [0.1, 0.15) is 20.8 Å². The van der Waals surface area contributed by atoms with E-state index in [1.807, 2.05) is 6.19 Å². The van der Waals surface area contributed by atoms with Gasteiger partial charge in [-0.2, -0.15) is 5.26 Å². The molecule has 1 aromatic carbocycles. The van der Waals surface area contributed by atoms with Gasteiger partial charge in [0, 0.05) is 10.2 Å². The van der Waals surface area contributed by atoms with Crippen LogP contribution >= 0.6 is 27.7 Å². The molecule has 6 nitrogen and oxygen atoms in total. The molecule has 1 aromatic rings. The Hall–Kier alpha value is -1.72. The summed E-state index contributed by atoms with van der Waals surface area (Å²) in [7, 11) is 0. The molecule has 0 aromatic heterocycles. The number of ether oxygens (including phenoxy) is 1. The monoisotopic (exact) mass is 384 g/mol. The number of hydrogen-bond acceptors (Lipinski definition) is 5. The molecule has 0 fully saturated rings. The highest BCUT2D eigenvalue weighted by molar-refractivity contribution is 9.10. The minimum atomic E-state index is -0.566. The van der Waals surface area contributed by atoms with Crippen molar-refractivity contribution in [3.8, 4) is 6.19 Å². The highest BCUT2D eigenvalue weighted by Gasteiger charge is 2.16. The molecule has 2 N–H and O–H groups in total. The van der Waals surface area contributed by atoms with E-state index in [4.69, 9.17) is 10.00 Å². The number of nitrogens with zero attached hydrogens (tertiary/aromatic N) is 2. The van der Waals surface area contributed by atoms with Crippen molar-refractivity contribution in [3.05, 3.63) is 22.7 Å². The number of carbonyl (C=O) groups excluding carboxylic acids is 1. The van der Waals surface area contributed by atoms with Crippen LogP contribution in [0.4, 0.5) is 16.2 Å². The average molecular weight is 385 g/mol. The standard InChI is InChI=1S/C14H17BrN4O2S/c1-14(2,3)21-13(20)18-9-5-6-10(15)11(7-9)19-12(22-4)17-8-16/h5-7H,1-4H3,(H,17,19)(H,18,20). The van der Waals surface area contributed by atoms with E-state index in [9.17, 15) is 4.79 Å². The maximum atomic E-state index is 11.8. The zero-order chi connectivity index (χ0) is 16.8. The van der Waals surface area contributed by atoms with Crippen LogP contribution in [0.3, 0.4) is 0 Å². The van der Waals surface area contributed by atoms with Gasteiger partial charge in [-0.1, -0.05) is 11.8 Å². The Balaban J connectivity index is 2.95. The van der Waals surface area contributed by atoms with Gasteiger partial charge in [-0.25, -0.2) is 9.79 Å². The lowest BCUT2D eigenvalue weighted by molar-refractivity contribution is 0.0636. The van der Waals surface area contributed by atoms with Crippen molar-refractivity contribution in [1.82, 2.24) is 5.32 Å². The summed E-state index contributed by atoms with van der Waals surface area (Å²) >= 11 is 4.69. The fourth-order valence-electron chi connectivity index (χ4n) is 1.38. The molecule has 1 rings (SSSR count). The molecule has 0 unspecified atom stereocenters. The number of amides is 1. The van der Waals surface area contributed by atoms with Gasteiger partial charge in [-0.05, 0) is 61.2 Å². The van der Waals surface area contributed by atoms with Gasteiger partial charge in [0.2, 0.25) is 0 Å². The predicted molar refractivity (Wildman–Crippen MR) is 93.4 cm³/mol. The maximum Gasteiger partial charge on any atom is 0.412 e. The van der Waals surface area contributed by atoms with Crippen LogP contribution in [0.5, 0.6) is 0 Å². The van der Waals surface area contributed by atoms with Gasteiger partial charge in [0.05, 0.1) is 5.69 Å². The molecule has 0 spiro atoms. The van der Waals surface area contributed by atoms with Crippen molar-refractivity contribution >= 4 is 50.3 Å². The van der Waals surface area contributed by atoms with E-state index in [0.717, 1.165) is 4.47 Å². The van der Waals surface area contributed by atoms with Gasteiger partial charge < -0.3 is 4.74 Å². The fourth-order valence-corrected chi connectivity index (χ4v) is 2.05. The van der Waals surface area contributed by atoms with E-state index in [0.29, 0.717) is 16.5 Å². The molecule has 0 aliphatic heterocycles. The molecular formula is C14H17BrN4O2S. The van der Waals surface area contributed by atoms with E-state index >= 15 is 0 Å². The maximum absolute atomic E-state index is 11.8. The largest absolute Gasteiger partial charge is 0.444 e. The quantitative estimate of drug-likeness (QED) is 0.345. The third kappa shape index (κ3) is 6.37. The molecule has 0 heterocycles. The molecule has 0 radical (unpaired) electrons. The van der Waals surface area contributed by atoms with E-state index < -0.39 is 11.7 Å². The summed E-state index contributed by atoms with van der Waals surface area (Å²) in [5.41, 5.74) is 0.567. The highest BCUT2D eigenvalue weighted by atomic mass is 79.9. The molecule has 0 aliphatic rings. The number of benzene rings is 1. The van der Waals surface area contributed by atoms with Crippen LogP contribution in [0.15, 0.2) is 27.7 Å². The smallest absolute Gasteiger partial charge is 0.412 e. The first-order chi connectivity index (χ1) is 10.2. The number of rotatable bonds is 2. The third-order valence-electron chi connectivity index (χ3n) is 2.17. The molecule has 0 saturated heterocycles. The van der Waals surface area contributed by atoms with E-state index in [-0.39, 0.29) is 0 Å². The van der Waals surface area contributed by atoms with Gasteiger partial charge in [-0.15, -0.1) is 0 Å². The molecule has 1 amide bonds. The lowest BCUT2D eigenvalue weighted by atomic mass is 10.2. The van der Waals surface area contributed by atoms with Crippen molar-refractivity contribution < 1.29 is 9.53 Å². The zero-order valence-corrected chi connectivity index (χ0v) is 15.1. The molecule has 0 bridgehead atoms. The third-order valence-corrected chi connectivity index (χ3v) is 3.42. The van der Waals surface area contributed by atoms with Gasteiger partial charge >= 0.3 is 6.09 Å². The first-order valence-electron chi connectivity index (χ1n) is 6.32. The SMILES string of the molecule is CSC(=Nc1cc(NC(=O)OC(C)(C)C)ccc1Br)NC#N. The van der Waals surface area contributed by atoms with Crippen LogP contribution in [0, 0.1) is 11.5 Å². The predicted octanol–water partition coefficient (Wildman–Crippen LogP) is 4.22. The van der Waals surface area contributed by atoms with Crippen molar-refractivity contribution in [3.63, 3.8) is 0 Å². The number of amidine groups is 1. The lowest BCUT2D eigenvalue weighted by Gasteiger charge is -2.19. The van der Waals surface area contributed by atoms with Crippen molar-refractivity contribution in [2.45, 2.75) is 26.4 Å². The minimum Gasteiger partial charge on any atom is -0.444 e. The number of carbonyl (C=O) groups is 1. The zero-order valence-electron chi connectivity index (χ0n) is 12.7. The number of hydrogen-bond donors (Lipinski definition) is 2. The number of nitrogens with one attached hydrogen (secondary N) is 2. The van der Waals surface area contributed by atoms with Crippen LogP contribution in [0.2, 0.25) is 0 Å². The van der Waals surface area contributed by atoms with Gasteiger partial charge in [0.25, 0.3) is 0 Å². The molecule has 22 heavy (non-hydrogen) atoms. The Morgan fingerprint density at radius 3 is 2.68 bits per heavy atom. The summed E-state index contributed by atoms with van der Waals surface area (Å²) in [4.78, 5) is 16.1. The second kappa shape index (κ2) is 8.06.